The molecule has 1 aliphatic heterocycles. The van der Waals surface area contributed by atoms with Gasteiger partial charge in [-0.05, 0) is 32.0 Å². The van der Waals surface area contributed by atoms with E-state index in [1.807, 2.05) is 0 Å². The topological polar surface area (TPSA) is 105 Å². The number of benzene rings is 1. The minimum Gasteiger partial charge on any atom is -0.397 e. The van der Waals surface area contributed by atoms with Crippen LogP contribution in [0.25, 0.3) is 0 Å². The van der Waals surface area contributed by atoms with Crippen LogP contribution in [-0.2, 0) is 9.59 Å². The Morgan fingerprint density at radius 3 is 2.67 bits per heavy atom. The van der Waals surface area contributed by atoms with Gasteiger partial charge in [-0.25, -0.2) is 4.79 Å². The van der Waals surface area contributed by atoms with Crippen molar-refractivity contribution in [2.24, 2.45) is 0 Å². The van der Waals surface area contributed by atoms with E-state index in [0.717, 1.165) is 4.90 Å². The number of nitrogen functional groups attached to an aromatic ring is 1. The molecule has 0 aromatic heterocycles. The van der Waals surface area contributed by atoms with Gasteiger partial charge in [0.2, 0.25) is 5.91 Å². The highest BCUT2D eigenvalue weighted by Crippen LogP contribution is 2.23. The molecular weight excluding hydrogens is 296 g/mol. The number of carbonyl (C=O) groups is 3. The van der Waals surface area contributed by atoms with Crippen LogP contribution < -0.4 is 16.4 Å². The highest BCUT2D eigenvalue weighted by molar-refractivity contribution is 6.31. The second-order valence-electron chi connectivity index (χ2n) is 5.23. The summed E-state index contributed by atoms with van der Waals surface area (Å²) >= 11 is 5.82. The molecule has 1 heterocycles. The fourth-order valence-corrected chi connectivity index (χ4v) is 2.10. The number of hydrogen-bond donors (Lipinski definition) is 3. The SMILES string of the molecule is CC1(C)NC(=O)N(CC(=O)Nc2cc(Cl)ccc2N)C1=O. The van der Waals surface area contributed by atoms with Gasteiger partial charge in [-0.15, -0.1) is 0 Å². The van der Waals surface area contributed by atoms with Crippen LogP contribution in [0.1, 0.15) is 13.8 Å². The molecule has 1 aromatic rings. The molecule has 4 N–H and O–H groups in total. The van der Waals surface area contributed by atoms with Crippen LogP contribution in [-0.4, -0.2) is 34.8 Å². The Morgan fingerprint density at radius 2 is 2.10 bits per heavy atom. The van der Waals surface area contributed by atoms with Crippen molar-refractivity contribution in [3.05, 3.63) is 23.2 Å². The molecule has 0 spiro atoms. The molecule has 0 radical (unpaired) electrons. The zero-order valence-electron chi connectivity index (χ0n) is 11.6. The van der Waals surface area contributed by atoms with Crippen LogP contribution in [0, 0.1) is 0 Å². The number of anilines is 2. The van der Waals surface area contributed by atoms with Gasteiger partial charge in [0, 0.05) is 5.02 Å². The van der Waals surface area contributed by atoms with Gasteiger partial charge in [-0.3, -0.25) is 14.5 Å². The van der Waals surface area contributed by atoms with Crippen LogP contribution in [0.2, 0.25) is 5.02 Å². The number of imide groups is 1. The Kier molecular flexibility index (Phi) is 3.78. The Balaban J connectivity index is 2.07. The summed E-state index contributed by atoms with van der Waals surface area (Å²) in [6.07, 6.45) is 0. The van der Waals surface area contributed by atoms with Crippen LogP contribution in [0.4, 0.5) is 16.2 Å². The van der Waals surface area contributed by atoms with Crippen molar-refractivity contribution in [3.8, 4) is 0 Å². The third-order valence-electron chi connectivity index (χ3n) is 3.04. The minimum atomic E-state index is -1.01. The maximum atomic E-state index is 12.0. The van der Waals surface area contributed by atoms with E-state index in [1.165, 1.54) is 6.07 Å². The van der Waals surface area contributed by atoms with E-state index in [9.17, 15) is 14.4 Å². The number of nitrogens with two attached hydrogens (primary N) is 1. The second-order valence-corrected chi connectivity index (χ2v) is 5.66. The van der Waals surface area contributed by atoms with Gasteiger partial charge in [-0.1, -0.05) is 11.6 Å². The normalized spacial score (nSPS) is 16.8. The van der Waals surface area contributed by atoms with E-state index in [0.29, 0.717) is 16.4 Å². The van der Waals surface area contributed by atoms with Crippen molar-refractivity contribution in [2.75, 3.05) is 17.6 Å². The predicted octanol–water partition coefficient (Wildman–Crippen LogP) is 1.19. The first kappa shape index (κ1) is 15.1. The summed E-state index contributed by atoms with van der Waals surface area (Å²) in [5.74, 6) is -0.994. The van der Waals surface area contributed by atoms with Gasteiger partial charge >= 0.3 is 6.03 Å². The third-order valence-corrected chi connectivity index (χ3v) is 3.27. The summed E-state index contributed by atoms with van der Waals surface area (Å²) < 4.78 is 0. The number of halogens is 1. The molecule has 1 saturated heterocycles. The van der Waals surface area contributed by atoms with Crippen molar-refractivity contribution in [2.45, 2.75) is 19.4 Å². The standard InChI is InChI=1S/C13H15ClN4O3/c1-13(2)11(20)18(12(21)17-13)6-10(19)16-9-5-7(14)3-4-8(9)15/h3-5H,6,15H2,1-2H3,(H,16,19)(H,17,21). The first-order valence-electron chi connectivity index (χ1n) is 6.20. The fourth-order valence-electron chi connectivity index (χ4n) is 1.93. The maximum absolute atomic E-state index is 12.0. The van der Waals surface area contributed by atoms with Crippen molar-refractivity contribution >= 4 is 40.8 Å². The number of rotatable bonds is 3. The van der Waals surface area contributed by atoms with Crippen molar-refractivity contribution in [1.82, 2.24) is 10.2 Å². The van der Waals surface area contributed by atoms with Gasteiger partial charge in [0.15, 0.2) is 0 Å². The molecule has 7 nitrogen and oxygen atoms in total. The van der Waals surface area contributed by atoms with Crippen LogP contribution >= 0.6 is 11.6 Å². The molecule has 0 unspecified atom stereocenters. The number of nitrogens with one attached hydrogen (secondary N) is 2. The molecule has 2 rings (SSSR count). The van der Waals surface area contributed by atoms with Crippen LogP contribution in [0.15, 0.2) is 18.2 Å². The summed E-state index contributed by atoms with van der Waals surface area (Å²) in [5.41, 5.74) is 5.37. The number of urea groups is 1. The zero-order chi connectivity index (χ0) is 15.8. The summed E-state index contributed by atoms with van der Waals surface area (Å²) in [7, 11) is 0. The fraction of sp³-hybridized carbons (Fsp3) is 0.308. The van der Waals surface area contributed by atoms with Crippen molar-refractivity contribution in [1.29, 1.82) is 0 Å². The summed E-state index contributed by atoms with van der Waals surface area (Å²) in [6, 6.07) is 4.03. The molecule has 8 heteroatoms. The van der Waals surface area contributed by atoms with E-state index in [1.54, 1.807) is 26.0 Å². The summed E-state index contributed by atoms with van der Waals surface area (Å²) in [5, 5.41) is 5.43. The first-order chi connectivity index (χ1) is 9.70. The quantitative estimate of drug-likeness (QED) is 0.576. The van der Waals surface area contributed by atoms with Gasteiger partial charge < -0.3 is 16.4 Å². The maximum Gasteiger partial charge on any atom is 0.325 e. The molecule has 0 atom stereocenters. The highest BCUT2D eigenvalue weighted by Gasteiger charge is 2.44. The molecule has 0 aliphatic carbocycles. The van der Waals surface area contributed by atoms with E-state index in [4.69, 9.17) is 17.3 Å². The molecular formula is C13H15ClN4O3. The monoisotopic (exact) mass is 310 g/mol. The van der Waals surface area contributed by atoms with E-state index < -0.39 is 23.4 Å². The predicted molar refractivity (Wildman–Crippen MR) is 78.8 cm³/mol. The van der Waals surface area contributed by atoms with Crippen LogP contribution in [0.3, 0.4) is 0 Å². The largest absolute Gasteiger partial charge is 0.397 e. The number of carbonyl (C=O) groups excluding carboxylic acids is 3. The second kappa shape index (κ2) is 5.25. The van der Waals surface area contributed by atoms with Gasteiger partial charge in [0.1, 0.15) is 12.1 Å². The zero-order valence-corrected chi connectivity index (χ0v) is 12.3. The van der Waals surface area contributed by atoms with E-state index in [2.05, 4.69) is 10.6 Å². The Hall–Kier alpha value is -2.28. The van der Waals surface area contributed by atoms with Crippen LogP contribution in [0.5, 0.6) is 0 Å². The minimum absolute atomic E-state index is 0.332. The number of amides is 4. The first-order valence-corrected chi connectivity index (χ1v) is 6.57. The molecule has 112 valence electrons. The molecule has 1 aromatic carbocycles. The van der Waals surface area contributed by atoms with Crippen molar-refractivity contribution in [3.63, 3.8) is 0 Å². The highest BCUT2D eigenvalue weighted by atomic mass is 35.5. The molecule has 4 amide bonds. The van der Waals surface area contributed by atoms with Gasteiger partial charge in [0.05, 0.1) is 11.4 Å². The molecule has 0 saturated carbocycles. The Labute approximate surface area is 126 Å². The Bertz CT molecular complexity index is 630. The lowest BCUT2D eigenvalue weighted by Gasteiger charge is -2.16. The summed E-state index contributed by atoms with van der Waals surface area (Å²) in [4.78, 5) is 36.4. The smallest absolute Gasteiger partial charge is 0.325 e. The molecule has 1 aliphatic rings. The summed E-state index contributed by atoms with van der Waals surface area (Å²) in [6.45, 7) is 2.75. The van der Waals surface area contributed by atoms with E-state index >= 15 is 0 Å². The average Bonchev–Trinajstić information content (AvgIpc) is 2.56. The number of hydrogen-bond acceptors (Lipinski definition) is 4. The lowest BCUT2D eigenvalue weighted by Crippen LogP contribution is -2.41. The number of nitrogens with zero attached hydrogens (tertiary/aromatic N) is 1. The van der Waals surface area contributed by atoms with E-state index in [-0.39, 0.29) is 6.54 Å². The lowest BCUT2D eigenvalue weighted by atomic mass is 10.1. The Morgan fingerprint density at radius 1 is 1.43 bits per heavy atom. The van der Waals surface area contributed by atoms with Gasteiger partial charge in [0.25, 0.3) is 5.91 Å². The molecule has 21 heavy (non-hydrogen) atoms. The third kappa shape index (κ3) is 3.08. The van der Waals surface area contributed by atoms with Gasteiger partial charge in [-0.2, -0.15) is 0 Å². The van der Waals surface area contributed by atoms with Crippen molar-refractivity contribution < 1.29 is 14.4 Å². The average molecular weight is 311 g/mol. The molecule has 0 bridgehead atoms. The molecule has 1 fully saturated rings. The lowest BCUT2D eigenvalue weighted by molar-refractivity contribution is -0.132.